The van der Waals surface area contributed by atoms with Crippen LogP contribution in [0.5, 0.6) is 5.75 Å². The van der Waals surface area contributed by atoms with Gasteiger partial charge in [0.15, 0.2) is 0 Å². The Morgan fingerprint density at radius 1 is 1.20 bits per heavy atom. The largest absolute Gasteiger partial charge is 0.475 e. The van der Waals surface area contributed by atoms with Crippen molar-refractivity contribution in [2.75, 3.05) is 19.0 Å². The maximum absolute atomic E-state index is 6.15. The molecule has 1 rings (SSSR count). The van der Waals surface area contributed by atoms with Gasteiger partial charge in [-0.25, -0.2) is 0 Å². The van der Waals surface area contributed by atoms with Gasteiger partial charge in [0.25, 0.3) is 0 Å². The Kier molecular flexibility index (Phi) is 8.72. The molecule has 0 aliphatic heterocycles. The van der Waals surface area contributed by atoms with Crippen LogP contribution in [0.4, 0.5) is 0 Å². The lowest BCUT2D eigenvalue weighted by Gasteiger charge is -2.28. The van der Waals surface area contributed by atoms with Crippen molar-refractivity contribution >= 4 is 11.6 Å². The molecule has 0 N–H and O–H groups in total. The van der Waals surface area contributed by atoms with Gasteiger partial charge in [-0.05, 0) is 37.9 Å². The molecule has 1 atom stereocenters. The summed E-state index contributed by atoms with van der Waals surface area (Å²) < 4.78 is 6.15. The second kappa shape index (κ2) is 10.1. The monoisotopic (exact) mass is 297 g/mol. The maximum Gasteiger partial charge on any atom is 0.149 e. The molecule has 0 fully saturated rings. The molecule has 1 aromatic rings. The zero-order chi connectivity index (χ0) is 14.8. The molecular weight excluding hydrogens is 270 g/mol. The summed E-state index contributed by atoms with van der Waals surface area (Å²) in [6.07, 6.45) is 4.91. The molecule has 20 heavy (non-hydrogen) atoms. The lowest BCUT2D eigenvalue weighted by molar-refractivity contribution is 0.0478. The Hall–Kier alpha value is -0.730. The van der Waals surface area contributed by atoms with Crippen molar-refractivity contribution in [3.8, 4) is 5.75 Å². The average molecular weight is 298 g/mol. The number of para-hydroxylation sites is 1. The SMILES string of the molecule is CCCCCc1ccccc1OC(C)N(CC)CCCl. The Morgan fingerprint density at radius 3 is 2.60 bits per heavy atom. The van der Waals surface area contributed by atoms with Crippen molar-refractivity contribution in [1.82, 2.24) is 4.90 Å². The number of benzene rings is 1. The van der Waals surface area contributed by atoms with E-state index in [4.69, 9.17) is 16.3 Å². The van der Waals surface area contributed by atoms with Crippen LogP contribution in [0.2, 0.25) is 0 Å². The quantitative estimate of drug-likeness (QED) is 0.352. The summed E-state index contributed by atoms with van der Waals surface area (Å²) >= 11 is 5.84. The summed E-state index contributed by atoms with van der Waals surface area (Å²) in [5.41, 5.74) is 1.31. The second-order valence-corrected chi connectivity index (χ2v) is 5.48. The predicted molar refractivity (Wildman–Crippen MR) is 87.7 cm³/mol. The first kappa shape index (κ1) is 17.3. The molecule has 0 spiro atoms. The molecule has 0 aliphatic carbocycles. The Labute approximate surface area is 129 Å². The normalized spacial score (nSPS) is 12.7. The molecule has 0 saturated heterocycles. The highest BCUT2D eigenvalue weighted by Gasteiger charge is 2.14. The zero-order valence-electron chi connectivity index (χ0n) is 13.1. The Balaban J connectivity index is 2.65. The average Bonchev–Trinajstić information content (AvgIpc) is 2.46. The van der Waals surface area contributed by atoms with E-state index >= 15 is 0 Å². The summed E-state index contributed by atoms with van der Waals surface area (Å²) in [5, 5.41) is 0. The van der Waals surface area contributed by atoms with Gasteiger partial charge in [-0.2, -0.15) is 0 Å². The van der Waals surface area contributed by atoms with Gasteiger partial charge in [-0.1, -0.05) is 44.9 Å². The van der Waals surface area contributed by atoms with Crippen molar-refractivity contribution in [3.05, 3.63) is 29.8 Å². The van der Waals surface area contributed by atoms with Crippen LogP contribution in [0.3, 0.4) is 0 Å². The molecule has 1 unspecified atom stereocenters. The van der Waals surface area contributed by atoms with E-state index in [-0.39, 0.29) is 6.23 Å². The highest BCUT2D eigenvalue weighted by Crippen LogP contribution is 2.22. The predicted octanol–water partition coefficient (Wildman–Crippen LogP) is 4.70. The fourth-order valence-corrected chi connectivity index (χ4v) is 2.57. The number of ether oxygens (including phenoxy) is 1. The van der Waals surface area contributed by atoms with Crippen LogP contribution in [0.25, 0.3) is 0 Å². The first-order chi connectivity index (χ1) is 9.72. The van der Waals surface area contributed by atoms with E-state index in [9.17, 15) is 0 Å². The van der Waals surface area contributed by atoms with Gasteiger partial charge in [0, 0.05) is 12.4 Å². The summed E-state index contributed by atoms with van der Waals surface area (Å²) in [6.45, 7) is 8.28. The molecule has 1 aromatic carbocycles. The fourth-order valence-electron chi connectivity index (χ4n) is 2.35. The highest BCUT2D eigenvalue weighted by atomic mass is 35.5. The summed E-state index contributed by atoms with van der Waals surface area (Å²) in [6, 6.07) is 8.39. The fraction of sp³-hybridized carbons (Fsp3) is 0.647. The topological polar surface area (TPSA) is 12.5 Å². The second-order valence-electron chi connectivity index (χ2n) is 5.10. The van der Waals surface area contributed by atoms with Crippen molar-refractivity contribution in [2.24, 2.45) is 0 Å². The van der Waals surface area contributed by atoms with E-state index in [0.29, 0.717) is 5.88 Å². The van der Waals surface area contributed by atoms with Gasteiger partial charge in [-0.15, -0.1) is 11.6 Å². The number of hydrogen-bond acceptors (Lipinski definition) is 2. The molecule has 0 amide bonds. The molecular formula is C17H28ClNO. The first-order valence-electron chi connectivity index (χ1n) is 7.77. The maximum atomic E-state index is 6.15. The highest BCUT2D eigenvalue weighted by molar-refractivity contribution is 6.18. The molecule has 2 nitrogen and oxygen atoms in total. The molecule has 0 aromatic heterocycles. The molecule has 0 saturated carbocycles. The van der Waals surface area contributed by atoms with Gasteiger partial charge in [0.2, 0.25) is 0 Å². The van der Waals surface area contributed by atoms with Crippen LogP contribution in [0, 0.1) is 0 Å². The van der Waals surface area contributed by atoms with Gasteiger partial charge in [-0.3, -0.25) is 4.90 Å². The number of nitrogens with zero attached hydrogens (tertiary/aromatic N) is 1. The first-order valence-corrected chi connectivity index (χ1v) is 8.30. The van der Waals surface area contributed by atoms with Crippen LogP contribution in [-0.4, -0.2) is 30.1 Å². The number of hydrogen-bond donors (Lipinski definition) is 0. The van der Waals surface area contributed by atoms with E-state index in [2.05, 4.69) is 43.9 Å². The van der Waals surface area contributed by atoms with Gasteiger partial charge < -0.3 is 4.74 Å². The lowest BCUT2D eigenvalue weighted by Crippen LogP contribution is -2.38. The number of aryl methyl sites for hydroxylation is 1. The van der Waals surface area contributed by atoms with Gasteiger partial charge in [0.1, 0.15) is 12.0 Å². The van der Waals surface area contributed by atoms with Crippen LogP contribution in [0.15, 0.2) is 24.3 Å². The van der Waals surface area contributed by atoms with E-state index in [1.54, 1.807) is 0 Å². The van der Waals surface area contributed by atoms with Crippen molar-refractivity contribution in [2.45, 2.75) is 52.7 Å². The van der Waals surface area contributed by atoms with Crippen LogP contribution in [-0.2, 0) is 6.42 Å². The van der Waals surface area contributed by atoms with E-state index in [0.717, 1.165) is 25.3 Å². The van der Waals surface area contributed by atoms with Crippen molar-refractivity contribution < 1.29 is 4.74 Å². The summed E-state index contributed by atoms with van der Waals surface area (Å²) in [5.74, 6) is 1.66. The molecule has 3 heteroatoms. The summed E-state index contributed by atoms with van der Waals surface area (Å²) in [7, 11) is 0. The van der Waals surface area contributed by atoms with E-state index < -0.39 is 0 Å². The number of halogens is 1. The third-order valence-electron chi connectivity index (χ3n) is 3.61. The van der Waals surface area contributed by atoms with Crippen molar-refractivity contribution in [3.63, 3.8) is 0 Å². The van der Waals surface area contributed by atoms with Crippen LogP contribution < -0.4 is 4.74 Å². The lowest BCUT2D eigenvalue weighted by atomic mass is 10.1. The van der Waals surface area contributed by atoms with E-state index in [1.807, 2.05) is 6.07 Å². The zero-order valence-corrected chi connectivity index (χ0v) is 13.8. The number of rotatable bonds is 10. The van der Waals surface area contributed by atoms with Crippen LogP contribution >= 0.6 is 11.6 Å². The van der Waals surface area contributed by atoms with Gasteiger partial charge >= 0.3 is 0 Å². The summed E-state index contributed by atoms with van der Waals surface area (Å²) in [4.78, 5) is 2.25. The Morgan fingerprint density at radius 2 is 1.95 bits per heavy atom. The van der Waals surface area contributed by atoms with Gasteiger partial charge in [0.05, 0.1) is 0 Å². The minimum Gasteiger partial charge on any atom is -0.475 e. The Bertz CT molecular complexity index is 370. The molecule has 0 radical (unpaired) electrons. The third-order valence-corrected chi connectivity index (χ3v) is 3.78. The molecule has 0 bridgehead atoms. The molecule has 0 heterocycles. The minimum atomic E-state index is 0.0612. The molecule has 0 aliphatic rings. The van der Waals surface area contributed by atoms with E-state index in [1.165, 1.54) is 24.8 Å². The molecule has 114 valence electrons. The van der Waals surface area contributed by atoms with Crippen LogP contribution in [0.1, 0.15) is 45.6 Å². The minimum absolute atomic E-state index is 0.0612. The number of unbranched alkanes of at least 4 members (excludes halogenated alkanes) is 2. The number of alkyl halides is 1. The smallest absolute Gasteiger partial charge is 0.149 e. The standard InChI is InChI=1S/C17H28ClNO/c1-4-6-7-10-16-11-8-9-12-17(16)20-15(3)19(5-2)14-13-18/h8-9,11-12,15H,4-7,10,13-14H2,1-3H3. The third kappa shape index (κ3) is 5.72. The van der Waals surface area contributed by atoms with Crippen molar-refractivity contribution in [1.29, 1.82) is 0 Å².